The zero-order valence-corrected chi connectivity index (χ0v) is 15.7. The number of fused-ring (bicyclic) bond motifs is 1. The van der Waals surface area contributed by atoms with Crippen molar-refractivity contribution in [3.63, 3.8) is 0 Å². The predicted octanol–water partition coefficient (Wildman–Crippen LogP) is 3.23. The Morgan fingerprint density at radius 3 is 2.81 bits per heavy atom. The van der Waals surface area contributed by atoms with E-state index in [1.807, 2.05) is 6.92 Å². The molecule has 2 aromatic rings. The molecule has 1 aliphatic rings. The lowest BCUT2D eigenvalue weighted by atomic mass is 9.99. The number of rotatable bonds is 4. The highest BCUT2D eigenvalue weighted by molar-refractivity contribution is 6.35. The first-order chi connectivity index (χ1) is 12.5. The standard InChI is InChI=1S/C20H18FN3O2.ClH/c1-3-22-8-4-5-15-17(21)6-7-18-19(15)16(20(26)24-18)10-14-9-13(11-23-14)12(2)25;/h6-7,9-11,22-23H,3,8H2,1-2H3,(H,24,26);1H. The van der Waals surface area contributed by atoms with Gasteiger partial charge in [0.1, 0.15) is 5.82 Å². The molecule has 0 saturated heterocycles. The van der Waals surface area contributed by atoms with Gasteiger partial charge in [0, 0.05) is 23.0 Å². The van der Waals surface area contributed by atoms with Crippen LogP contribution < -0.4 is 10.6 Å². The summed E-state index contributed by atoms with van der Waals surface area (Å²) in [6.07, 6.45) is 3.17. The molecule has 2 heterocycles. The molecular formula is C20H19ClFN3O2. The van der Waals surface area contributed by atoms with Gasteiger partial charge in [-0.1, -0.05) is 18.8 Å². The van der Waals surface area contributed by atoms with Crippen molar-refractivity contribution in [2.24, 2.45) is 0 Å². The van der Waals surface area contributed by atoms with Crippen LogP contribution in [0.15, 0.2) is 24.4 Å². The van der Waals surface area contributed by atoms with Crippen molar-refractivity contribution < 1.29 is 14.0 Å². The number of ketones is 1. The van der Waals surface area contributed by atoms with Crippen molar-refractivity contribution in [3.8, 4) is 11.8 Å². The van der Waals surface area contributed by atoms with Crippen LogP contribution >= 0.6 is 12.4 Å². The van der Waals surface area contributed by atoms with Crippen LogP contribution in [0.25, 0.3) is 11.6 Å². The van der Waals surface area contributed by atoms with Crippen LogP contribution in [-0.2, 0) is 4.79 Å². The lowest BCUT2D eigenvalue weighted by Gasteiger charge is -2.04. The van der Waals surface area contributed by atoms with Crippen LogP contribution in [0.5, 0.6) is 0 Å². The largest absolute Gasteiger partial charge is 0.361 e. The summed E-state index contributed by atoms with van der Waals surface area (Å²) in [4.78, 5) is 26.8. The minimum Gasteiger partial charge on any atom is -0.361 e. The number of nitrogens with one attached hydrogen (secondary N) is 3. The number of aromatic nitrogens is 1. The number of benzene rings is 1. The maximum atomic E-state index is 14.4. The highest BCUT2D eigenvalue weighted by Gasteiger charge is 2.28. The van der Waals surface area contributed by atoms with Gasteiger partial charge < -0.3 is 15.6 Å². The van der Waals surface area contributed by atoms with Crippen LogP contribution in [0, 0.1) is 17.7 Å². The number of hydrogen-bond acceptors (Lipinski definition) is 3. The van der Waals surface area contributed by atoms with Gasteiger partial charge >= 0.3 is 0 Å². The van der Waals surface area contributed by atoms with E-state index in [0.29, 0.717) is 34.6 Å². The van der Waals surface area contributed by atoms with Crippen molar-refractivity contribution in [2.75, 3.05) is 18.4 Å². The van der Waals surface area contributed by atoms with Crippen molar-refractivity contribution in [1.29, 1.82) is 0 Å². The molecular weight excluding hydrogens is 369 g/mol. The maximum absolute atomic E-state index is 14.4. The summed E-state index contributed by atoms with van der Waals surface area (Å²) in [6, 6.07) is 4.47. The lowest BCUT2D eigenvalue weighted by molar-refractivity contribution is -0.110. The van der Waals surface area contributed by atoms with E-state index in [0.717, 1.165) is 6.54 Å². The van der Waals surface area contributed by atoms with Gasteiger partial charge in [-0.25, -0.2) is 4.39 Å². The number of hydrogen-bond donors (Lipinski definition) is 3. The molecule has 7 heteroatoms. The summed E-state index contributed by atoms with van der Waals surface area (Å²) in [5.41, 5.74) is 2.56. The Morgan fingerprint density at radius 1 is 1.37 bits per heavy atom. The Balaban J connectivity index is 0.00000261. The minimum absolute atomic E-state index is 0. The molecule has 140 valence electrons. The third-order valence-electron chi connectivity index (χ3n) is 4.01. The molecule has 3 N–H and O–H groups in total. The maximum Gasteiger partial charge on any atom is 0.256 e. The van der Waals surface area contributed by atoms with E-state index in [2.05, 4.69) is 27.5 Å². The third-order valence-corrected chi connectivity index (χ3v) is 4.01. The van der Waals surface area contributed by atoms with Crippen molar-refractivity contribution in [1.82, 2.24) is 10.3 Å². The number of halogens is 2. The molecule has 27 heavy (non-hydrogen) atoms. The number of carbonyl (C=O) groups is 2. The fourth-order valence-corrected chi connectivity index (χ4v) is 2.70. The molecule has 1 aromatic heterocycles. The van der Waals surface area contributed by atoms with Gasteiger partial charge in [0.15, 0.2) is 5.78 Å². The number of carbonyl (C=O) groups excluding carboxylic acids is 2. The highest BCUT2D eigenvalue weighted by atomic mass is 35.5. The summed E-state index contributed by atoms with van der Waals surface area (Å²) in [6.45, 7) is 4.61. The summed E-state index contributed by atoms with van der Waals surface area (Å²) < 4.78 is 14.4. The van der Waals surface area contributed by atoms with Gasteiger partial charge in [-0.2, -0.15) is 0 Å². The summed E-state index contributed by atoms with van der Waals surface area (Å²) in [7, 11) is 0. The van der Waals surface area contributed by atoms with E-state index >= 15 is 0 Å². The molecule has 0 bridgehead atoms. The molecule has 0 spiro atoms. The topological polar surface area (TPSA) is 74.0 Å². The first-order valence-corrected chi connectivity index (χ1v) is 8.26. The Labute approximate surface area is 162 Å². The molecule has 0 fully saturated rings. The fraction of sp³-hybridized carbons (Fsp3) is 0.200. The Kier molecular flexibility index (Phi) is 6.56. The number of H-pyrrole nitrogens is 1. The van der Waals surface area contributed by atoms with Crippen LogP contribution in [-0.4, -0.2) is 29.8 Å². The van der Waals surface area contributed by atoms with Gasteiger partial charge in [0.25, 0.3) is 5.91 Å². The van der Waals surface area contributed by atoms with Crippen LogP contribution in [0.1, 0.15) is 41.0 Å². The number of Topliss-reactive ketones (excluding diaryl/α,β-unsaturated/α-hetero) is 1. The van der Waals surface area contributed by atoms with E-state index < -0.39 is 5.82 Å². The second-order valence-electron chi connectivity index (χ2n) is 5.84. The van der Waals surface area contributed by atoms with Gasteiger partial charge in [0.2, 0.25) is 0 Å². The average Bonchev–Trinajstić information content (AvgIpc) is 3.19. The zero-order valence-electron chi connectivity index (χ0n) is 14.9. The molecule has 5 nitrogen and oxygen atoms in total. The summed E-state index contributed by atoms with van der Waals surface area (Å²) in [5, 5.41) is 5.78. The Morgan fingerprint density at radius 2 is 2.15 bits per heavy atom. The second-order valence-corrected chi connectivity index (χ2v) is 5.84. The average molecular weight is 388 g/mol. The number of anilines is 1. The highest BCUT2D eigenvalue weighted by Crippen LogP contribution is 2.36. The predicted molar refractivity (Wildman–Crippen MR) is 106 cm³/mol. The molecule has 0 unspecified atom stereocenters. The fourth-order valence-electron chi connectivity index (χ4n) is 2.70. The molecule has 1 aromatic carbocycles. The Bertz CT molecular complexity index is 983. The quantitative estimate of drug-likeness (QED) is 0.326. The van der Waals surface area contributed by atoms with E-state index in [1.165, 1.54) is 19.1 Å². The molecule has 1 aliphatic heterocycles. The molecule has 0 radical (unpaired) electrons. The monoisotopic (exact) mass is 387 g/mol. The van der Waals surface area contributed by atoms with Gasteiger partial charge in [0.05, 0.1) is 23.4 Å². The van der Waals surface area contributed by atoms with Crippen LogP contribution in [0.4, 0.5) is 10.1 Å². The van der Waals surface area contributed by atoms with E-state index in [4.69, 9.17) is 0 Å². The van der Waals surface area contributed by atoms with Gasteiger partial charge in [-0.15, -0.1) is 12.4 Å². The smallest absolute Gasteiger partial charge is 0.256 e. The summed E-state index contributed by atoms with van der Waals surface area (Å²) >= 11 is 0. The van der Waals surface area contributed by atoms with E-state index in [1.54, 1.807) is 18.3 Å². The number of amides is 1. The van der Waals surface area contributed by atoms with Gasteiger partial charge in [-0.3, -0.25) is 9.59 Å². The molecule has 0 saturated carbocycles. The normalized spacial score (nSPS) is 13.4. The van der Waals surface area contributed by atoms with Crippen molar-refractivity contribution in [3.05, 3.63) is 52.6 Å². The SMILES string of the molecule is CCNCC#Cc1c(F)ccc2c1C(=Cc1cc(C(C)=O)c[nH]1)C(=O)N2.Cl. The van der Waals surface area contributed by atoms with Crippen molar-refractivity contribution in [2.45, 2.75) is 13.8 Å². The van der Waals surface area contributed by atoms with E-state index in [-0.39, 0.29) is 29.7 Å². The zero-order chi connectivity index (χ0) is 18.7. The van der Waals surface area contributed by atoms with Crippen LogP contribution in [0.3, 0.4) is 0 Å². The second kappa shape index (κ2) is 8.67. The lowest BCUT2D eigenvalue weighted by Crippen LogP contribution is -2.12. The third kappa shape index (κ3) is 4.27. The molecule has 1 amide bonds. The first-order valence-electron chi connectivity index (χ1n) is 8.26. The minimum atomic E-state index is -0.481. The molecule has 3 rings (SSSR count). The van der Waals surface area contributed by atoms with E-state index in [9.17, 15) is 14.0 Å². The molecule has 0 atom stereocenters. The van der Waals surface area contributed by atoms with Gasteiger partial charge in [-0.05, 0) is 37.7 Å². The summed E-state index contributed by atoms with van der Waals surface area (Å²) in [5.74, 6) is 4.80. The van der Waals surface area contributed by atoms with Crippen molar-refractivity contribution >= 4 is 41.4 Å². The molecule has 0 aliphatic carbocycles. The van der Waals surface area contributed by atoms with Crippen LogP contribution in [0.2, 0.25) is 0 Å². The number of aromatic amines is 1. The first kappa shape index (κ1) is 20.4. The Hall–Kier alpha value is -2.88.